The number of nitrogens with two attached hydrogens (primary N) is 1. The van der Waals surface area contributed by atoms with E-state index in [9.17, 15) is 0 Å². The third kappa shape index (κ3) is 1.41. The van der Waals surface area contributed by atoms with Crippen molar-refractivity contribution in [3.8, 4) is 10.6 Å². The average molecular weight is 219 g/mol. The molecule has 0 saturated heterocycles. The maximum atomic E-state index is 6.20. The smallest absolute Gasteiger partial charge is 0.125 e. The molecule has 15 heavy (non-hydrogen) atoms. The van der Waals surface area contributed by atoms with Crippen molar-refractivity contribution in [1.82, 2.24) is 9.97 Å². The van der Waals surface area contributed by atoms with Gasteiger partial charge in [-0.15, -0.1) is 11.3 Å². The lowest BCUT2D eigenvalue weighted by molar-refractivity contribution is 0.748. The van der Waals surface area contributed by atoms with Crippen molar-refractivity contribution in [2.24, 2.45) is 5.73 Å². The number of nitrogens with one attached hydrogen (secondary N) is 1. The number of aromatic nitrogens is 2. The van der Waals surface area contributed by atoms with Crippen LogP contribution in [0.15, 0.2) is 18.5 Å². The lowest BCUT2D eigenvalue weighted by Crippen LogP contribution is -2.18. The summed E-state index contributed by atoms with van der Waals surface area (Å²) >= 11 is 1.73. The number of hydrogen-bond acceptors (Lipinski definition) is 3. The lowest BCUT2D eigenvalue weighted by atomic mass is 10.2. The van der Waals surface area contributed by atoms with Crippen LogP contribution in [0, 0.1) is 6.92 Å². The zero-order valence-electron chi connectivity index (χ0n) is 8.58. The summed E-state index contributed by atoms with van der Waals surface area (Å²) in [5.41, 5.74) is 8.38. The zero-order valence-corrected chi connectivity index (χ0v) is 9.40. The van der Waals surface area contributed by atoms with E-state index in [0.717, 1.165) is 29.1 Å². The maximum Gasteiger partial charge on any atom is 0.125 e. The SMILES string of the molecule is Cc1nc(-c2cc[nH]c2)sc1C1(N)CC1. The molecule has 0 amide bonds. The molecule has 2 aromatic rings. The molecule has 0 aliphatic heterocycles. The van der Waals surface area contributed by atoms with Crippen molar-refractivity contribution in [3.05, 3.63) is 29.0 Å². The van der Waals surface area contributed by atoms with Gasteiger partial charge in [0.1, 0.15) is 5.01 Å². The molecule has 0 bridgehead atoms. The Labute approximate surface area is 92.4 Å². The molecular formula is C11H13N3S. The van der Waals surface area contributed by atoms with E-state index in [-0.39, 0.29) is 5.54 Å². The van der Waals surface area contributed by atoms with Crippen LogP contribution in [0.5, 0.6) is 0 Å². The van der Waals surface area contributed by atoms with Gasteiger partial charge < -0.3 is 10.7 Å². The number of nitrogens with zero attached hydrogens (tertiary/aromatic N) is 1. The van der Waals surface area contributed by atoms with Crippen LogP contribution in [0.4, 0.5) is 0 Å². The predicted octanol–water partition coefficient (Wildman–Crippen LogP) is 2.39. The molecule has 78 valence electrons. The van der Waals surface area contributed by atoms with E-state index in [2.05, 4.69) is 16.9 Å². The number of H-pyrrole nitrogens is 1. The fourth-order valence-corrected chi connectivity index (χ4v) is 3.02. The van der Waals surface area contributed by atoms with Crippen molar-refractivity contribution in [2.45, 2.75) is 25.3 Å². The minimum absolute atomic E-state index is 0.0592. The molecule has 4 heteroatoms. The Morgan fingerprint density at radius 1 is 1.53 bits per heavy atom. The molecule has 0 radical (unpaired) electrons. The molecule has 0 atom stereocenters. The second kappa shape index (κ2) is 2.93. The largest absolute Gasteiger partial charge is 0.367 e. The Hall–Kier alpha value is -1.13. The van der Waals surface area contributed by atoms with Crippen molar-refractivity contribution in [1.29, 1.82) is 0 Å². The summed E-state index contributed by atoms with van der Waals surface area (Å²) in [4.78, 5) is 8.89. The highest BCUT2D eigenvalue weighted by Crippen LogP contribution is 2.47. The van der Waals surface area contributed by atoms with E-state index in [1.54, 1.807) is 11.3 Å². The van der Waals surface area contributed by atoms with Gasteiger partial charge in [0.05, 0.1) is 11.2 Å². The quantitative estimate of drug-likeness (QED) is 0.814. The molecule has 0 aromatic carbocycles. The summed E-state index contributed by atoms with van der Waals surface area (Å²) in [5, 5.41) is 1.07. The van der Waals surface area contributed by atoms with E-state index in [4.69, 9.17) is 5.73 Å². The molecule has 0 spiro atoms. The molecular weight excluding hydrogens is 206 g/mol. The summed E-state index contributed by atoms with van der Waals surface area (Å²) in [6, 6.07) is 2.04. The van der Waals surface area contributed by atoms with Gasteiger partial charge >= 0.3 is 0 Å². The third-order valence-corrected chi connectivity index (χ3v) is 4.31. The molecule has 1 aliphatic rings. The Bertz CT molecular complexity index is 480. The van der Waals surface area contributed by atoms with Crippen LogP contribution in [-0.4, -0.2) is 9.97 Å². The highest BCUT2D eigenvalue weighted by atomic mass is 32.1. The van der Waals surface area contributed by atoms with Crippen LogP contribution in [0.1, 0.15) is 23.4 Å². The van der Waals surface area contributed by atoms with E-state index in [0.29, 0.717) is 0 Å². The number of hydrogen-bond donors (Lipinski definition) is 2. The van der Waals surface area contributed by atoms with Gasteiger partial charge in [0, 0.05) is 22.8 Å². The van der Waals surface area contributed by atoms with Crippen molar-refractivity contribution in [3.63, 3.8) is 0 Å². The summed E-state index contributed by atoms with van der Waals surface area (Å²) < 4.78 is 0. The number of aryl methyl sites for hydroxylation is 1. The van der Waals surface area contributed by atoms with Crippen LogP contribution >= 0.6 is 11.3 Å². The summed E-state index contributed by atoms with van der Waals surface area (Å²) in [5.74, 6) is 0. The van der Waals surface area contributed by atoms with Crippen LogP contribution in [-0.2, 0) is 5.54 Å². The Morgan fingerprint density at radius 2 is 2.33 bits per heavy atom. The van der Waals surface area contributed by atoms with Gasteiger partial charge in [-0.1, -0.05) is 0 Å². The van der Waals surface area contributed by atoms with Crippen molar-refractivity contribution in [2.75, 3.05) is 0 Å². The van der Waals surface area contributed by atoms with E-state index < -0.39 is 0 Å². The normalized spacial score (nSPS) is 18.0. The van der Waals surface area contributed by atoms with Crippen LogP contribution in [0.3, 0.4) is 0 Å². The van der Waals surface area contributed by atoms with E-state index >= 15 is 0 Å². The number of thiazole rings is 1. The van der Waals surface area contributed by atoms with Gasteiger partial charge in [-0.25, -0.2) is 4.98 Å². The minimum atomic E-state index is -0.0592. The lowest BCUT2D eigenvalue weighted by Gasteiger charge is -2.04. The molecule has 3 rings (SSSR count). The number of aromatic amines is 1. The molecule has 3 N–H and O–H groups in total. The van der Waals surface area contributed by atoms with Gasteiger partial charge in [-0.05, 0) is 25.8 Å². The van der Waals surface area contributed by atoms with Gasteiger partial charge in [0.25, 0.3) is 0 Å². The van der Waals surface area contributed by atoms with Gasteiger partial charge in [0.2, 0.25) is 0 Å². The summed E-state index contributed by atoms with van der Waals surface area (Å²) in [6.07, 6.45) is 6.09. The topological polar surface area (TPSA) is 54.7 Å². The second-order valence-corrected chi connectivity index (χ2v) is 5.19. The van der Waals surface area contributed by atoms with Crippen LogP contribution in [0.2, 0.25) is 0 Å². The van der Waals surface area contributed by atoms with E-state index in [1.165, 1.54) is 4.88 Å². The first-order valence-electron chi connectivity index (χ1n) is 5.09. The fourth-order valence-electron chi connectivity index (χ4n) is 1.80. The first-order valence-corrected chi connectivity index (χ1v) is 5.91. The zero-order chi connectivity index (χ0) is 10.5. The molecule has 1 aliphatic carbocycles. The molecule has 1 fully saturated rings. The summed E-state index contributed by atoms with van der Waals surface area (Å²) in [7, 11) is 0. The van der Waals surface area contributed by atoms with Crippen molar-refractivity contribution < 1.29 is 0 Å². The van der Waals surface area contributed by atoms with Crippen LogP contribution < -0.4 is 5.73 Å². The standard InChI is InChI=1S/C11H13N3S/c1-7-9(11(12)3-4-11)15-10(14-7)8-2-5-13-6-8/h2,5-6,13H,3-4,12H2,1H3. The van der Waals surface area contributed by atoms with Gasteiger partial charge in [0.15, 0.2) is 0 Å². The van der Waals surface area contributed by atoms with Gasteiger partial charge in [-0.2, -0.15) is 0 Å². The van der Waals surface area contributed by atoms with Crippen LogP contribution in [0.25, 0.3) is 10.6 Å². The highest BCUT2D eigenvalue weighted by Gasteiger charge is 2.43. The maximum absolute atomic E-state index is 6.20. The molecule has 2 heterocycles. The Balaban J connectivity index is 2.06. The monoisotopic (exact) mass is 219 g/mol. The first-order chi connectivity index (χ1) is 7.19. The highest BCUT2D eigenvalue weighted by molar-refractivity contribution is 7.15. The molecule has 0 unspecified atom stereocenters. The average Bonchev–Trinajstić information content (AvgIpc) is 2.73. The summed E-state index contributed by atoms with van der Waals surface area (Å²) in [6.45, 7) is 2.05. The number of rotatable bonds is 2. The fraction of sp³-hybridized carbons (Fsp3) is 0.364. The molecule has 2 aromatic heterocycles. The molecule has 3 nitrogen and oxygen atoms in total. The van der Waals surface area contributed by atoms with Gasteiger partial charge in [-0.3, -0.25) is 0 Å². The Morgan fingerprint density at radius 3 is 2.93 bits per heavy atom. The van der Waals surface area contributed by atoms with Crippen molar-refractivity contribution >= 4 is 11.3 Å². The molecule has 1 saturated carbocycles. The van der Waals surface area contributed by atoms with E-state index in [1.807, 2.05) is 18.5 Å². The Kier molecular flexibility index (Phi) is 1.78. The minimum Gasteiger partial charge on any atom is -0.367 e. The first kappa shape index (κ1) is 9.12. The second-order valence-electron chi connectivity index (χ2n) is 4.19. The third-order valence-electron chi connectivity index (χ3n) is 2.88. The predicted molar refractivity (Wildman–Crippen MR) is 61.7 cm³/mol.